The zero-order chi connectivity index (χ0) is 22.7. The van der Waals surface area contributed by atoms with Gasteiger partial charge in [-0.25, -0.2) is 0 Å². The lowest BCUT2D eigenvalue weighted by molar-refractivity contribution is -0.111. The largest absolute Gasteiger partial charge is 0.496 e. The molecule has 1 heterocycles. The lowest BCUT2D eigenvalue weighted by Gasteiger charge is -2.10. The molecule has 0 unspecified atom stereocenters. The Hall–Kier alpha value is -3.44. The van der Waals surface area contributed by atoms with Crippen LogP contribution in [0.2, 0.25) is 0 Å². The van der Waals surface area contributed by atoms with Crippen LogP contribution in [0.5, 0.6) is 5.75 Å². The molecule has 0 radical (unpaired) electrons. The maximum atomic E-state index is 12.6. The molecule has 0 bridgehead atoms. The van der Waals surface area contributed by atoms with Gasteiger partial charge in [-0.15, -0.1) is 11.8 Å². The van der Waals surface area contributed by atoms with Crippen LogP contribution in [0.25, 0.3) is 27.7 Å². The van der Waals surface area contributed by atoms with E-state index in [4.69, 9.17) is 9.15 Å². The number of anilines is 1. The van der Waals surface area contributed by atoms with Gasteiger partial charge >= 0.3 is 0 Å². The summed E-state index contributed by atoms with van der Waals surface area (Å²) < 4.78 is 11.4. The molecule has 3 aromatic carbocycles. The topological polar surface area (TPSA) is 51.5 Å². The third kappa shape index (κ3) is 4.58. The van der Waals surface area contributed by atoms with Crippen molar-refractivity contribution in [3.63, 3.8) is 0 Å². The van der Waals surface area contributed by atoms with Gasteiger partial charge in [0.15, 0.2) is 0 Å². The molecule has 0 spiro atoms. The molecule has 1 aromatic heterocycles. The number of nitrogens with one attached hydrogen (secondary N) is 1. The van der Waals surface area contributed by atoms with Gasteiger partial charge in [0.2, 0.25) is 5.91 Å². The van der Waals surface area contributed by atoms with Crippen molar-refractivity contribution in [2.24, 2.45) is 0 Å². The molecule has 0 aliphatic carbocycles. The van der Waals surface area contributed by atoms with Crippen LogP contribution >= 0.6 is 11.8 Å². The van der Waals surface area contributed by atoms with Crippen molar-refractivity contribution in [3.05, 3.63) is 84.1 Å². The number of amides is 1. The second kappa shape index (κ2) is 9.37. The summed E-state index contributed by atoms with van der Waals surface area (Å²) >= 11 is 1.66. The third-order valence-corrected chi connectivity index (χ3v) is 6.13. The van der Waals surface area contributed by atoms with Crippen LogP contribution < -0.4 is 10.1 Å². The SMILES string of the molecule is COc1cc2occ(-c3ccc(C)cc3)c2cc1/C(C)=C/C(=O)Nc1ccc(SC)cc1. The number of hydrogen-bond acceptors (Lipinski definition) is 4. The van der Waals surface area contributed by atoms with Gasteiger partial charge < -0.3 is 14.5 Å². The maximum Gasteiger partial charge on any atom is 0.248 e. The maximum absolute atomic E-state index is 12.6. The predicted molar refractivity (Wildman–Crippen MR) is 133 cm³/mol. The quantitative estimate of drug-likeness (QED) is 0.253. The minimum atomic E-state index is -0.187. The van der Waals surface area contributed by atoms with Gasteiger partial charge in [-0.1, -0.05) is 29.8 Å². The average Bonchev–Trinajstić information content (AvgIpc) is 3.22. The molecule has 1 amide bonds. The van der Waals surface area contributed by atoms with E-state index in [-0.39, 0.29) is 5.91 Å². The minimum Gasteiger partial charge on any atom is -0.496 e. The van der Waals surface area contributed by atoms with E-state index in [1.165, 1.54) is 5.56 Å². The molecule has 5 heteroatoms. The van der Waals surface area contributed by atoms with Crippen LogP contribution in [-0.4, -0.2) is 19.3 Å². The standard InChI is InChI=1S/C27H25NO3S/c1-17-5-7-19(8-6-17)24-16-31-26-15-25(30-3)22(14-23(24)26)18(2)13-27(29)28-20-9-11-21(32-4)12-10-20/h5-16H,1-4H3,(H,28,29)/b18-13+. The summed E-state index contributed by atoms with van der Waals surface area (Å²) in [4.78, 5) is 13.8. The van der Waals surface area contributed by atoms with Crippen LogP contribution in [-0.2, 0) is 4.79 Å². The molecule has 0 atom stereocenters. The zero-order valence-electron chi connectivity index (χ0n) is 18.6. The third-order valence-electron chi connectivity index (χ3n) is 5.39. The molecule has 0 aliphatic rings. The highest BCUT2D eigenvalue weighted by molar-refractivity contribution is 7.98. The van der Waals surface area contributed by atoms with Gasteiger partial charge in [-0.05, 0) is 61.6 Å². The number of carbonyl (C=O) groups is 1. The zero-order valence-corrected chi connectivity index (χ0v) is 19.4. The van der Waals surface area contributed by atoms with Crippen molar-refractivity contribution in [1.29, 1.82) is 0 Å². The first-order chi connectivity index (χ1) is 15.5. The van der Waals surface area contributed by atoms with Gasteiger partial charge in [0.05, 0.1) is 13.4 Å². The fourth-order valence-electron chi connectivity index (χ4n) is 3.62. The molecular formula is C27H25NO3S. The fourth-order valence-corrected chi connectivity index (χ4v) is 4.02. The second-order valence-electron chi connectivity index (χ2n) is 7.61. The number of carbonyl (C=O) groups excluding carboxylic acids is 1. The van der Waals surface area contributed by atoms with Crippen LogP contribution in [0.15, 0.2) is 82.3 Å². The number of thioether (sulfide) groups is 1. The number of fused-ring (bicyclic) bond motifs is 1. The molecule has 4 rings (SSSR count). The predicted octanol–water partition coefficient (Wildman–Crippen LogP) is 7.18. The molecule has 0 saturated carbocycles. The summed E-state index contributed by atoms with van der Waals surface area (Å²) in [6, 6.07) is 20.0. The van der Waals surface area contributed by atoms with Gasteiger partial charge in [-0.2, -0.15) is 0 Å². The smallest absolute Gasteiger partial charge is 0.248 e. The number of methoxy groups -OCH3 is 1. The van der Waals surface area contributed by atoms with Gasteiger partial charge in [0.1, 0.15) is 11.3 Å². The lowest BCUT2D eigenvalue weighted by Crippen LogP contribution is -2.08. The molecule has 4 nitrogen and oxygen atoms in total. The summed E-state index contributed by atoms with van der Waals surface area (Å²) in [6.07, 6.45) is 5.38. The Balaban J connectivity index is 1.67. The Bertz CT molecular complexity index is 1290. The van der Waals surface area contributed by atoms with Crippen molar-refractivity contribution in [1.82, 2.24) is 0 Å². The Morgan fingerprint density at radius 3 is 2.44 bits per heavy atom. The molecule has 162 valence electrons. The second-order valence-corrected chi connectivity index (χ2v) is 8.49. The fraction of sp³-hybridized carbons (Fsp3) is 0.148. The monoisotopic (exact) mass is 443 g/mol. The van der Waals surface area contributed by atoms with E-state index < -0.39 is 0 Å². The highest BCUT2D eigenvalue weighted by Crippen LogP contribution is 2.37. The number of benzene rings is 3. The number of furan rings is 1. The first-order valence-corrected chi connectivity index (χ1v) is 11.5. The van der Waals surface area contributed by atoms with E-state index in [1.54, 1.807) is 31.2 Å². The number of aryl methyl sites for hydroxylation is 1. The van der Waals surface area contributed by atoms with E-state index in [9.17, 15) is 4.79 Å². The van der Waals surface area contributed by atoms with Crippen molar-refractivity contribution in [2.75, 3.05) is 18.7 Å². The Morgan fingerprint density at radius 2 is 1.78 bits per heavy atom. The highest BCUT2D eigenvalue weighted by atomic mass is 32.2. The van der Waals surface area contributed by atoms with E-state index in [1.807, 2.05) is 49.6 Å². The molecule has 4 aromatic rings. The summed E-state index contributed by atoms with van der Waals surface area (Å²) in [5.74, 6) is 0.473. The Labute approximate surface area is 192 Å². The van der Waals surface area contributed by atoms with Gasteiger partial charge in [-0.3, -0.25) is 4.79 Å². The molecule has 0 aliphatic heterocycles. The molecule has 1 N–H and O–H groups in total. The van der Waals surface area contributed by atoms with Crippen LogP contribution in [0.1, 0.15) is 18.1 Å². The first-order valence-electron chi connectivity index (χ1n) is 10.3. The van der Waals surface area contributed by atoms with E-state index >= 15 is 0 Å². The normalized spacial score (nSPS) is 11.6. The highest BCUT2D eigenvalue weighted by Gasteiger charge is 2.15. The Kier molecular flexibility index (Phi) is 6.37. The van der Waals surface area contributed by atoms with Crippen molar-refractivity contribution in [2.45, 2.75) is 18.7 Å². The summed E-state index contributed by atoms with van der Waals surface area (Å²) in [5, 5.41) is 3.90. The average molecular weight is 444 g/mol. The van der Waals surface area contributed by atoms with E-state index in [2.05, 4.69) is 36.5 Å². The minimum absolute atomic E-state index is 0.187. The molecule has 0 saturated heterocycles. The first kappa shape index (κ1) is 21.8. The number of hydrogen-bond donors (Lipinski definition) is 1. The number of allylic oxidation sites excluding steroid dienone is 1. The molecular weight excluding hydrogens is 418 g/mol. The van der Waals surface area contributed by atoms with Crippen molar-refractivity contribution >= 4 is 39.9 Å². The Morgan fingerprint density at radius 1 is 1.06 bits per heavy atom. The lowest BCUT2D eigenvalue weighted by atomic mass is 9.99. The van der Waals surface area contributed by atoms with Crippen LogP contribution in [0.3, 0.4) is 0 Å². The van der Waals surface area contributed by atoms with Gasteiger partial charge in [0.25, 0.3) is 0 Å². The van der Waals surface area contributed by atoms with Crippen molar-refractivity contribution < 1.29 is 13.9 Å². The number of ether oxygens (including phenoxy) is 1. The summed E-state index contributed by atoms with van der Waals surface area (Å²) in [7, 11) is 1.62. The summed E-state index contributed by atoms with van der Waals surface area (Å²) in [6.45, 7) is 3.97. The van der Waals surface area contributed by atoms with E-state index in [0.717, 1.165) is 43.8 Å². The van der Waals surface area contributed by atoms with E-state index in [0.29, 0.717) is 5.75 Å². The molecule has 32 heavy (non-hydrogen) atoms. The van der Waals surface area contributed by atoms with Crippen LogP contribution in [0.4, 0.5) is 5.69 Å². The van der Waals surface area contributed by atoms with Crippen LogP contribution in [0, 0.1) is 6.92 Å². The molecule has 0 fully saturated rings. The van der Waals surface area contributed by atoms with Crippen molar-refractivity contribution in [3.8, 4) is 16.9 Å². The van der Waals surface area contributed by atoms with Gasteiger partial charge in [0, 0.05) is 39.2 Å². The summed E-state index contributed by atoms with van der Waals surface area (Å²) in [5.41, 5.74) is 6.45. The number of rotatable bonds is 6.